The molecule has 0 aliphatic heterocycles. The lowest BCUT2D eigenvalue weighted by molar-refractivity contribution is 0.229. The van der Waals surface area contributed by atoms with Crippen molar-refractivity contribution in [1.29, 1.82) is 0 Å². The van der Waals surface area contributed by atoms with Gasteiger partial charge < -0.3 is 9.47 Å². The van der Waals surface area contributed by atoms with Crippen LogP contribution < -0.4 is 9.47 Å². The van der Waals surface area contributed by atoms with Crippen LogP contribution in [0.2, 0.25) is 0 Å². The first-order valence-electron chi connectivity index (χ1n) is 6.16. The number of nitrogens with zero attached hydrogens (tertiary/aromatic N) is 1. The quantitative estimate of drug-likeness (QED) is 0.607. The lowest BCUT2D eigenvalue weighted by Crippen LogP contribution is -2.11. The molecule has 0 bridgehead atoms. The minimum atomic E-state index is -0.757. The van der Waals surface area contributed by atoms with Crippen LogP contribution in [0.1, 0.15) is 32.3 Å². The third-order valence-corrected chi connectivity index (χ3v) is 3.10. The van der Waals surface area contributed by atoms with Gasteiger partial charge in [0.05, 0.1) is 13.2 Å². The summed E-state index contributed by atoms with van der Waals surface area (Å²) in [6.07, 6.45) is 2.75. The van der Waals surface area contributed by atoms with Gasteiger partial charge in [0.15, 0.2) is 11.5 Å². The number of hydrogen-bond acceptors (Lipinski definition) is 4. The Morgan fingerprint density at radius 1 is 1.37 bits per heavy atom. The van der Waals surface area contributed by atoms with Crippen molar-refractivity contribution in [2.45, 2.75) is 38.3 Å². The first-order chi connectivity index (χ1) is 9.02. The number of isocyanates is 1. The highest BCUT2D eigenvalue weighted by Crippen LogP contribution is 2.51. The first kappa shape index (κ1) is 13.6. The van der Waals surface area contributed by atoms with Gasteiger partial charge in [-0.25, -0.2) is 9.18 Å². The van der Waals surface area contributed by atoms with E-state index >= 15 is 0 Å². The SMILES string of the molecule is COc1cc(F)c(C2(N=C=O)CC2)cc1OC(C)C. The van der Waals surface area contributed by atoms with E-state index in [1.54, 1.807) is 6.07 Å². The summed E-state index contributed by atoms with van der Waals surface area (Å²) < 4.78 is 24.8. The second-order valence-corrected chi connectivity index (χ2v) is 4.88. The molecule has 1 aliphatic rings. The molecule has 0 amide bonds. The molecule has 4 nitrogen and oxygen atoms in total. The minimum absolute atomic E-state index is 0.0584. The van der Waals surface area contributed by atoms with Gasteiger partial charge in [0.2, 0.25) is 6.08 Å². The molecule has 0 N–H and O–H groups in total. The molecular formula is C14H16FNO3. The summed E-state index contributed by atoms with van der Waals surface area (Å²) in [6, 6.07) is 2.84. The summed E-state index contributed by atoms with van der Waals surface area (Å²) in [7, 11) is 1.46. The van der Waals surface area contributed by atoms with Crippen LogP contribution in [0, 0.1) is 5.82 Å². The standard InChI is InChI=1S/C14H16FNO3/c1-9(2)19-13-6-10(11(15)7-12(13)18-3)14(4-5-14)16-8-17/h6-7,9H,4-5H2,1-3H3. The number of rotatable bonds is 5. The lowest BCUT2D eigenvalue weighted by Gasteiger charge is -2.17. The van der Waals surface area contributed by atoms with Gasteiger partial charge in [0.25, 0.3) is 0 Å². The summed E-state index contributed by atoms with van der Waals surface area (Å²) in [4.78, 5) is 14.2. The van der Waals surface area contributed by atoms with E-state index in [2.05, 4.69) is 4.99 Å². The fourth-order valence-corrected chi connectivity index (χ4v) is 2.04. The molecule has 0 radical (unpaired) electrons. The maximum absolute atomic E-state index is 14.1. The van der Waals surface area contributed by atoms with E-state index in [4.69, 9.17) is 9.47 Å². The van der Waals surface area contributed by atoms with Crippen molar-refractivity contribution < 1.29 is 18.7 Å². The third kappa shape index (κ3) is 2.61. The Balaban J connectivity index is 2.48. The number of ether oxygens (including phenoxy) is 2. The molecule has 2 rings (SSSR count). The Hall–Kier alpha value is -1.87. The van der Waals surface area contributed by atoms with E-state index < -0.39 is 11.4 Å². The van der Waals surface area contributed by atoms with Crippen LogP contribution in [-0.4, -0.2) is 19.3 Å². The Morgan fingerprint density at radius 2 is 2.05 bits per heavy atom. The molecule has 0 aromatic heterocycles. The number of methoxy groups -OCH3 is 1. The average Bonchev–Trinajstić information content (AvgIpc) is 3.11. The monoisotopic (exact) mass is 265 g/mol. The predicted octanol–water partition coefficient (Wildman–Crippen LogP) is 2.95. The van der Waals surface area contributed by atoms with E-state index in [-0.39, 0.29) is 6.10 Å². The molecule has 1 aliphatic carbocycles. The Kier molecular flexibility index (Phi) is 3.58. The van der Waals surface area contributed by atoms with Crippen LogP contribution in [0.3, 0.4) is 0 Å². The van der Waals surface area contributed by atoms with Crippen LogP contribution in [0.15, 0.2) is 17.1 Å². The van der Waals surface area contributed by atoms with E-state index in [1.165, 1.54) is 19.3 Å². The second-order valence-electron chi connectivity index (χ2n) is 4.88. The third-order valence-electron chi connectivity index (χ3n) is 3.10. The average molecular weight is 265 g/mol. The summed E-state index contributed by atoms with van der Waals surface area (Å²) in [5.41, 5.74) is -0.389. The van der Waals surface area contributed by atoms with Crippen LogP contribution >= 0.6 is 0 Å². The minimum Gasteiger partial charge on any atom is -0.493 e. The summed E-state index contributed by atoms with van der Waals surface area (Å²) in [5.74, 6) is 0.353. The molecule has 0 heterocycles. The van der Waals surface area contributed by atoms with Crippen molar-refractivity contribution in [3.63, 3.8) is 0 Å². The van der Waals surface area contributed by atoms with Crippen molar-refractivity contribution in [3.8, 4) is 11.5 Å². The molecule has 1 aromatic rings. The molecule has 5 heteroatoms. The molecule has 1 saturated carbocycles. The second kappa shape index (κ2) is 5.02. The molecule has 1 fully saturated rings. The molecule has 102 valence electrons. The zero-order valence-corrected chi connectivity index (χ0v) is 11.2. The summed E-state index contributed by atoms with van der Waals surface area (Å²) in [5, 5.41) is 0. The van der Waals surface area contributed by atoms with E-state index in [9.17, 15) is 9.18 Å². The first-order valence-corrected chi connectivity index (χ1v) is 6.16. The number of aliphatic imine (C=N–C) groups is 1. The Labute approximate surface area is 111 Å². The van der Waals surface area contributed by atoms with Crippen LogP contribution in [-0.2, 0) is 10.3 Å². The molecule has 1 aromatic carbocycles. The highest BCUT2D eigenvalue weighted by atomic mass is 19.1. The Bertz CT molecular complexity index is 532. The Morgan fingerprint density at radius 3 is 2.53 bits per heavy atom. The van der Waals surface area contributed by atoms with Crippen LogP contribution in [0.5, 0.6) is 11.5 Å². The summed E-state index contributed by atoms with van der Waals surface area (Å²) >= 11 is 0. The van der Waals surface area contributed by atoms with Gasteiger partial charge in [-0.05, 0) is 32.8 Å². The maximum atomic E-state index is 14.1. The normalized spacial score (nSPS) is 15.8. The van der Waals surface area contributed by atoms with Gasteiger partial charge in [0, 0.05) is 11.6 Å². The van der Waals surface area contributed by atoms with Gasteiger partial charge in [-0.1, -0.05) is 0 Å². The predicted molar refractivity (Wildman–Crippen MR) is 67.7 cm³/mol. The van der Waals surface area contributed by atoms with Crippen molar-refractivity contribution in [1.82, 2.24) is 0 Å². The van der Waals surface area contributed by atoms with E-state index in [0.717, 1.165) is 0 Å². The van der Waals surface area contributed by atoms with Crippen molar-refractivity contribution >= 4 is 6.08 Å². The fraction of sp³-hybridized carbons (Fsp3) is 0.500. The number of carbonyl (C=O) groups excluding carboxylic acids is 1. The largest absolute Gasteiger partial charge is 0.493 e. The summed E-state index contributed by atoms with van der Waals surface area (Å²) in [6.45, 7) is 3.75. The van der Waals surface area contributed by atoms with Gasteiger partial charge in [0.1, 0.15) is 11.4 Å². The smallest absolute Gasteiger partial charge is 0.235 e. The highest BCUT2D eigenvalue weighted by Gasteiger charge is 2.47. The molecule has 0 unspecified atom stereocenters. The van der Waals surface area contributed by atoms with Gasteiger partial charge in [-0.15, -0.1) is 0 Å². The van der Waals surface area contributed by atoms with Crippen molar-refractivity contribution in [2.24, 2.45) is 4.99 Å². The van der Waals surface area contributed by atoms with E-state index in [0.29, 0.717) is 29.9 Å². The molecule has 19 heavy (non-hydrogen) atoms. The van der Waals surface area contributed by atoms with Gasteiger partial charge >= 0.3 is 0 Å². The highest BCUT2D eigenvalue weighted by molar-refractivity contribution is 5.49. The van der Waals surface area contributed by atoms with Gasteiger partial charge in [-0.2, -0.15) is 4.99 Å². The molecule has 0 saturated heterocycles. The van der Waals surface area contributed by atoms with Gasteiger partial charge in [-0.3, -0.25) is 0 Å². The maximum Gasteiger partial charge on any atom is 0.235 e. The molecular weight excluding hydrogens is 249 g/mol. The topological polar surface area (TPSA) is 47.9 Å². The van der Waals surface area contributed by atoms with Crippen molar-refractivity contribution in [3.05, 3.63) is 23.5 Å². The zero-order valence-electron chi connectivity index (χ0n) is 11.2. The zero-order chi connectivity index (χ0) is 14.0. The van der Waals surface area contributed by atoms with E-state index in [1.807, 2.05) is 13.8 Å². The van der Waals surface area contributed by atoms with Crippen molar-refractivity contribution in [2.75, 3.05) is 7.11 Å². The number of hydrogen-bond donors (Lipinski definition) is 0. The van der Waals surface area contributed by atoms with Crippen LogP contribution in [0.25, 0.3) is 0 Å². The molecule has 0 spiro atoms. The molecule has 0 atom stereocenters. The fourth-order valence-electron chi connectivity index (χ4n) is 2.04. The number of benzene rings is 1. The lowest BCUT2D eigenvalue weighted by atomic mass is 10.0. The van der Waals surface area contributed by atoms with Crippen LogP contribution in [0.4, 0.5) is 4.39 Å². The number of halogens is 1.